The zero-order valence-electron chi connectivity index (χ0n) is 6.21. The molecule has 0 saturated heterocycles. The number of carboxylic acids is 1. The van der Waals surface area contributed by atoms with E-state index in [0.29, 0.717) is 0 Å². The predicted molar refractivity (Wildman–Crippen MR) is 38.0 cm³/mol. The minimum absolute atomic E-state index is 0.362. The van der Waals surface area contributed by atoms with E-state index in [4.69, 9.17) is 10.2 Å². The van der Waals surface area contributed by atoms with Gasteiger partial charge in [0.1, 0.15) is 4.92 Å². The number of aliphatic hydroxyl groups is 1. The quantitative estimate of drug-likeness (QED) is 0.519. The van der Waals surface area contributed by atoms with Gasteiger partial charge in [0, 0.05) is 0 Å². The van der Waals surface area contributed by atoms with Gasteiger partial charge in [0.25, 0.3) is 0 Å². The van der Waals surface area contributed by atoms with Crippen molar-refractivity contribution in [2.75, 3.05) is 0 Å². The molecule has 0 aromatic carbocycles. The SMILES string of the molecule is O=C(O)C(O)c1ccc([N+](=O)[O-])o1. The summed E-state index contributed by atoms with van der Waals surface area (Å²) in [6.07, 6.45) is -1.87. The van der Waals surface area contributed by atoms with Gasteiger partial charge in [-0.05, 0) is 6.07 Å². The van der Waals surface area contributed by atoms with Gasteiger partial charge in [-0.2, -0.15) is 0 Å². The van der Waals surface area contributed by atoms with Gasteiger partial charge in [0.15, 0.2) is 5.76 Å². The molecule has 70 valence electrons. The highest BCUT2D eigenvalue weighted by Crippen LogP contribution is 2.21. The number of hydrogen-bond acceptors (Lipinski definition) is 5. The van der Waals surface area contributed by atoms with Gasteiger partial charge in [0.2, 0.25) is 6.10 Å². The largest absolute Gasteiger partial charge is 0.479 e. The van der Waals surface area contributed by atoms with Crippen LogP contribution in [0.4, 0.5) is 5.88 Å². The summed E-state index contributed by atoms with van der Waals surface area (Å²) in [7, 11) is 0. The van der Waals surface area contributed by atoms with Crippen molar-refractivity contribution in [3.8, 4) is 0 Å². The van der Waals surface area contributed by atoms with E-state index < -0.39 is 22.9 Å². The fraction of sp³-hybridized carbons (Fsp3) is 0.167. The molecule has 0 aliphatic rings. The molecule has 1 aromatic heterocycles. The van der Waals surface area contributed by atoms with E-state index in [1.165, 1.54) is 0 Å². The van der Waals surface area contributed by atoms with E-state index in [2.05, 4.69) is 4.42 Å². The molecule has 0 aliphatic heterocycles. The highest BCUT2D eigenvalue weighted by atomic mass is 16.6. The van der Waals surface area contributed by atoms with Crippen LogP contribution < -0.4 is 0 Å². The number of carboxylic acid groups (broad SMARTS) is 1. The molecule has 0 fully saturated rings. The first-order chi connectivity index (χ1) is 6.02. The molecule has 0 radical (unpaired) electrons. The molecule has 0 amide bonds. The Labute approximate surface area is 71.4 Å². The lowest BCUT2D eigenvalue weighted by Crippen LogP contribution is -2.09. The topological polar surface area (TPSA) is 114 Å². The van der Waals surface area contributed by atoms with E-state index in [1.807, 2.05) is 0 Å². The maximum Gasteiger partial charge on any atom is 0.433 e. The minimum atomic E-state index is -1.87. The van der Waals surface area contributed by atoms with E-state index in [0.717, 1.165) is 12.1 Å². The fourth-order valence-electron chi connectivity index (χ4n) is 0.709. The van der Waals surface area contributed by atoms with Gasteiger partial charge >= 0.3 is 11.9 Å². The normalized spacial score (nSPS) is 12.4. The summed E-state index contributed by atoms with van der Waals surface area (Å²) >= 11 is 0. The number of rotatable bonds is 3. The van der Waals surface area contributed by atoms with Crippen molar-refractivity contribution in [3.05, 3.63) is 28.0 Å². The average molecular weight is 187 g/mol. The van der Waals surface area contributed by atoms with Crippen LogP contribution in [0.1, 0.15) is 11.9 Å². The lowest BCUT2D eigenvalue weighted by atomic mass is 10.3. The van der Waals surface area contributed by atoms with E-state index >= 15 is 0 Å². The highest BCUT2D eigenvalue weighted by molar-refractivity contribution is 5.73. The summed E-state index contributed by atoms with van der Waals surface area (Å²) in [5.41, 5.74) is 0. The number of aliphatic carboxylic acids is 1. The van der Waals surface area contributed by atoms with Crippen molar-refractivity contribution >= 4 is 11.9 Å². The van der Waals surface area contributed by atoms with Crippen molar-refractivity contribution in [3.63, 3.8) is 0 Å². The second-order valence-corrected chi connectivity index (χ2v) is 2.17. The average Bonchev–Trinajstić information content (AvgIpc) is 2.50. The Hall–Kier alpha value is -1.89. The van der Waals surface area contributed by atoms with Gasteiger partial charge in [-0.3, -0.25) is 10.1 Å². The van der Waals surface area contributed by atoms with Crippen LogP contribution in [-0.2, 0) is 4.79 Å². The monoisotopic (exact) mass is 187 g/mol. The molecule has 1 aromatic rings. The van der Waals surface area contributed by atoms with Crippen LogP contribution in [0.5, 0.6) is 0 Å². The maximum atomic E-state index is 10.2. The third-order valence-corrected chi connectivity index (χ3v) is 1.30. The van der Waals surface area contributed by atoms with Crippen molar-refractivity contribution < 1.29 is 24.3 Å². The third kappa shape index (κ3) is 1.82. The number of nitro groups is 1. The Bertz CT molecular complexity index is 343. The van der Waals surface area contributed by atoms with Gasteiger partial charge in [0.05, 0.1) is 6.07 Å². The zero-order chi connectivity index (χ0) is 10.0. The fourth-order valence-corrected chi connectivity index (χ4v) is 0.709. The molecule has 1 rings (SSSR count). The summed E-state index contributed by atoms with van der Waals surface area (Å²) in [5.74, 6) is -2.49. The molecule has 1 atom stereocenters. The Morgan fingerprint density at radius 1 is 1.62 bits per heavy atom. The molecule has 7 heteroatoms. The first-order valence-corrected chi connectivity index (χ1v) is 3.17. The molecule has 1 unspecified atom stereocenters. The standard InChI is InChI=1S/C6H5NO6/c8-5(6(9)10)3-1-2-4(13-3)7(11)12/h1-2,5,8H,(H,9,10). The molecular formula is C6H5NO6. The summed E-state index contributed by atoms with van der Waals surface area (Å²) in [5, 5.41) is 27.3. The number of hydrogen-bond donors (Lipinski definition) is 2. The first-order valence-electron chi connectivity index (χ1n) is 3.17. The lowest BCUT2D eigenvalue weighted by Gasteiger charge is -1.98. The Kier molecular flexibility index (Phi) is 2.29. The molecule has 7 nitrogen and oxygen atoms in total. The smallest absolute Gasteiger partial charge is 0.433 e. The molecule has 13 heavy (non-hydrogen) atoms. The molecule has 0 spiro atoms. The summed E-state index contributed by atoms with van der Waals surface area (Å²) in [4.78, 5) is 19.5. The van der Waals surface area contributed by atoms with E-state index in [-0.39, 0.29) is 5.76 Å². The molecule has 2 N–H and O–H groups in total. The first kappa shape index (κ1) is 9.20. The van der Waals surface area contributed by atoms with E-state index in [1.54, 1.807) is 0 Å². The van der Waals surface area contributed by atoms with Crippen molar-refractivity contribution in [2.45, 2.75) is 6.10 Å². The molecular weight excluding hydrogens is 182 g/mol. The van der Waals surface area contributed by atoms with E-state index in [9.17, 15) is 14.9 Å². The van der Waals surface area contributed by atoms with Crippen LogP contribution in [0.25, 0.3) is 0 Å². The number of furan rings is 1. The van der Waals surface area contributed by atoms with Crippen molar-refractivity contribution in [1.29, 1.82) is 0 Å². The minimum Gasteiger partial charge on any atom is -0.479 e. The number of nitrogens with zero attached hydrogens (tertiary/aromatic N) is 1. The zero-order valence-corrected chi connectivity index (χ0v) is 6.21. The van der Waals surface area contributed by atoms with Crippen LogP contribution in [0, 0.1) is 10.1 Å². The Morgan fingerprint density at radius 2 is 2.23 bits per heavy atom. The van der Waals surface area contributed by atoms with Gasteiger partial charge in [-0.25, -0.2) is 4.79 Å². The van der Waals surface area contributed by atoms with Crippen LogP contribution in [0.15, 0.2) is 16.5 Å². The van der Waals surface area contributed by atoms with Gasteiger partial charge < -0.3 is 14.6 Å². The predicted octanol–water partition coefficient (Wildman–Crippen LogP) is 0.306. The van der Waals surface area contributed by atoms with Crippen LogP contribution in [-0.4, -0.2) is 21.1 Å². The Morgan fingerprint density at radius 3 is 2.62 bits per heavy atom. The molecule has 0 saturated carbocycles. The molecule has 0 bridgehead atoms. The highest BCUT2D eigenvalue weighted by Gasteiger charge is 2.22. The second kappa shape index (κ2) is 3.23. The Balaban J connectivity index is 2.91. The van der Waals surface area contributed by atoms with Gasteiger partial charge in [-0.1, -0.05) is 0 Å². The summed E-state index contributed by atoms with van der Waals surface area (Å²) in [6.45, 7) is 0. The van der Waals surface area contributed by atoms with Crippen molar-refractivity contribution in [1.82, 2.24) is 0 Å². The number of aliphatic hydroxyl groups excluding tert-OH is 1. The lowest BCUT2D eigenvalue weighted by molar-refractivity contribution is -0.402. The summed E-state index contributed by atoms with van der Waals surface area (Å²) < 4.78 is 4.44. The van der Waals surface area contributed by atoms with Crippen LogP contribution >= 0.6 is 0 Å². The maximum absolute atomic E-state index is 10.2. The third-order valence-electron chi connectivity index (χ3n) is 1.30. The summed E-state index contributed by atoms with van der Waals surface area (Å²) in [6, 6.07) is 2.01. The van der Waals surface area contributed by atoms with Crippen molar-refractivity contribution in [2.24, 2.45) is 0 Å². The van der Waals surface area contributed by atoms with Crippen LogP contribution in [0.3, 0.4) is 0 Å². The molecule has 0 aliphatic carbocycles. The second-order valence-electron chi connectivity index (χ2n) is 2.17. The van der Waals surface area contributed by atoms with Gasteiger partial charge in [-0.15, -0.1) is 0 Å². The molecule has 1 heterocycles. The number of carbonyl (C=O) groups is 1. The van der Waals surface area contributed by atoms with Crippen LogP contribution in [0.2, 0.25) is 0 Å².